The fraction of sp³-hybridized carbons (Fsp3) is 0.217. The van der Waals surface area contributed by atoms with Crippen LogP contribution in [0.5, 0.6) is 5.75 Å². The van der Waals surface area contributed by atoms with Crippen molar-refractivity contribution in [3.05, 3.63) is 65.3 Å². The summed E-state index contributed by atoms with van der Waals surface area (Å²) in [7, 11) is 3.97. The van der Waals surface area contributed by atoms with Crippen molar-refractivity contribution in [3.63, 3.8) is 0 Å². The summed E-state index contributed by atoms with van der Waals surface area (Å²) in [6, 6.07) is 15.4. The Hall–Kier alpha value is -3.56. The van der Waals surface area contributed by atoms with Gasteiger partial charge < -0.3 is 20.7 Å². The van der Waals surface area contributed by atoms with Crippen LogP contribution in [-0.4, -0.2) is 53.0 Å². The van der Waals surface area contributed by atoms with Gasteiger partial charge >= 0.3 is 0 Å². The van der Waals surface area contributed by atoms with Crippen molar-refractivity contribution in [2.45, 2.75) is 6.54 Å². The first kappa shape index (κ1) is 21.7. The van der Waals surface area contributed by atoms with Crippen LogP contribution < -0.4 is 15.8 Å². The second-order valence-corrected chi connectivity index (χ2v) is 8.49. The molecule has 0 aliphatic heterocycles. The number of nitrogens with one attached hydrogen (secondary N) is 1. The first-order valence-corrected chi connectivity index (χ1v) is 10.9. The monoisotopic (exact) mass is 448 g/mol. The molecule has 32 heavy (non-hydrogen) atoms. The fourth-order valence-corrected chi connectivity index (χ4v) is 4.02. The summed E-state index contributed by atoms with van der Waals surface area (Å²) in [5.74, 6) is 0.583. The third-order valence-electron chi connectivity index (χ3n) is 4.72. The quantitative estimate of drug-likeness (QED) is 0.426. The molecule has 2 aromatic carbocycles. The molecule has 0 aliphatic carbocycles. The molecule has 164 valence electrons. The molecular weight excluding hydrogens is 424 g/mol. The number of benzene rings is 2. The number of carbonyl (C=O) groups is 1. The minimum Gasteiger partial charge on any atom is -0.490 e. The predicted octanol–water partition coefficient (Wildman–Crippen LogP) is 3.21. The molecule has 2 aromatic heterocycles. The van der Waals surface area contributed by atoms with E-state index in [2.05, 4.69) is 20.3 Å². The highest BCUT2D eigenvalue weighted by Gasteiger charge is 2.17. The van der Waals surface area contributed by atoms with Crippen LogP contribution >= 0.6 is 11.3 Å². The van der Waals surface area contributed by atoms with Crippen LogP contribution in [-0.2, 0) is 6.54 Å². The van der Waals surface area contributed by atoms with Crippen LogP contribution in [0.25, 0.3) is 21.5 Å². The topological polar surface area (TPSA) is 106 Å². The van der Waals surface area contributed by atoms with E-state index in [1.165, 1.54) is 11.3 Å². The lowest BCUT2D eigenvalue weighted by Crippen LogP contribution is -2.22. The molecule has 0 atom stereocenters. The summed E-state index contributed by atoms with van der Waals surface area (Å²) in [6.07, 6.45) is 1.61. The smallest absolute Gasteiger partial charge is 0.280 e. The molecule has 0 saturated carbocycles. The van der Waals surface area contributed by atoms with E-state index in [-0.39, 0.29) is 11.9 Å². The van der Waals surface area contributed by atoms with Crippen molar-refractivity contribution in [2.24, 2.45) is 0 Å². The number of ether oxygens (including phenoxy) is 1. The molecule has 0 radical (unpaired) electrons. The lowest BCUT2D eigenvalue weighted by Gasteiger charge is -2.12. The van der Waals surface area contributed by atoms with E-state index in [9.17, 15) is 4.79 Å². The van der Waals surface area contributed by atoms with E-state index in [0.717, 1.165) is 22.4 Å². The van der Waals surface area contributed by atoms with Gasteiger partial charge in [0, 0.05) is 24.8 Å². The van der Waals surface area contributed by atoms with Crippen LogP contribution in [0.2, 0.25) is 0 Å². The van der Waals surface area contributed by atoms with Gasteiger partial charge in [-0.15, -0.1) is 11.3 Å². The number of thiazole rings is 1. The van der Waals surface area contributed by atoms with Crippen molar-refractivity contribution in [1.82, 2.24) is 25.2 Å². The molecule has 3 N–H and O–H groups in total. The van der Waals surface area contributed by atoms with Crippen LogP contribution in [0, 0.1) is 0 Å². The Morgan fingerprint density at radius 2 is 1.97 bits per heavy atom. The highest BCUT2D eigenvalue weighted by Crippen LogP contribution is 2.35. The van der Waals surface area contributed by atoms with Crippen LogP contribution in [0.4, 0.5) is 5.95 Å². The number of nitrogens with two attached hydrogens (primary N) is 1. The number of nitrogens with zero attached hydrogens (tertiary/aromatic N) is 4. The highest BCUT2D eigenvalue weighted by atomic mass is 32.1. The van der Waals surface area contributed by atoms with Crippen LogP contribution in [0.1, 0.15) is 15.4 Å². The number of aromatic nitrogens is 3. The molecule has 4 aromatic rings. The van der Waals surface area contributed by atoms with Crippen molar-refractivity contribution >= 4 is 33.4 Å². The van der Waals surface area contributed by atoms with E-state index in [1.54, 1.807) is 12.3 Å². The number of hydrogen-bond donors (Lipinski definition) is 2. The zero-order chi connectivity index (χ0) is 22.5. The Labute approximate surface area is 190 Å². The summed E-state index contributed by atoms with van der Waals surface area (Å²) in [5, 5.41) is 3.31. The predicted molar refractivity (Wildman–Crippen MR) is 127 cm³/mol. The Balaban J connectivity index is 1.65. The number of carbonyl (C=O) groups excluding carboxylic acids is 1. The van der Waals surface area contributed by atoms with Crippen molar-refractivity contribution in [2.75, 3.05) is 33.0 Å². The molecule has 9 heteroatoms. The summed E-state index contributed by atoms with van der Waals surface area (Å²) in [4.78, 5) is 27.6. The van der Waals surface area contributed by atoms with Gasteiger partial charge in [0.2, 0.25) is 5.95 Å². The Kier molecular flexibility index (Phi) is 6.58. The zero-order valence-electron chi connectivity index (χ0n) is 17.9. The molecule has 0 fully saturated rings. The van der Waals surface area contributed by atoms with E-state index in [1.807, 2.05) is 61.5 Å². The Morgan fingerprint density at radius 3 is 2.72 bits per heavy atom. The molecule has 4 rings (SSSR count). The lowest BCUT2D eigenvalue weighted by molar-refractivity contribution is 0.0950. The molecule has 0 bridgehead atoms. The van der Waals surface area contributed by atoms with Gasteiger partial charge in [0.25, 0.3) is 5.91 Å². The number of anilines is 1. The molecule has 0 saturated heterocycles. The Bertz CT molecular complexity index is 1230. The van der Waals surface area contributed by atoms with Gasteiger partial charge in [-0.3, -0.25) is 4.79 Å². The first-order chi connectivity index (χ1) is 15.5. The van der Waals surface area contributed by atoms with E-state index in [4.69, 9.17) is 10.5 Å². The van der Waals surface area contributed by atoms with Crippen molar-refractivity contribution in [1.29, 1.82) is 0 Å². The highest BCUT2D eigenvalue weighted by molar-refractivity contribution is 7.20. The molecule has 8 nitrogen and oxygen atoms in total. The first-order valence-electron chi connectivity index (χ1n) is 10.1. The summed E-state index contributed by atoms with van der Waals surface area (Å²) in [6.45, 7) is 1.68. The number of rotatable bonds is 8. The van der Waals surface area contributed by atoms with Gasteiger partial charge in [-0.25, -0.2) is 15.0 Å². The van der Waals surface area contributed by atoms with Crippen LogP contribution in [0.15, 0.2) is 54.7 Å². The molecule has 1 amide bonds. The minimum absolute atomic E-state index is 0.197. The maximum absolute atomic E-state index is 12.8. The number of fused-ring (bicyclic) bond motifs is 1. The summed E-state index contributed by atoms with van der Waals surface area (Å²) < 4.78 is 6.88. The van der Waals surface area contributed by atoms with Gasteiger partial charge in [-0.2, -0.15) is 0 Å². The number of nitrogen functional groups attached to an aromatic ring is 1. The average Bonchev–Trinajstić information content (AvgIpc) is 3.22. The zero-order valence-corrected chi connectivity index (χ0v) is 18.7. The largest absolute Gasteiger partial charge is 0.490 e. The van der Waals surface area contributed by atoms with Crippen molar-refractivity contribution < 1.29 is 9.53 Å². The Morgan fingerprint density at radius 1 is 1.16 bits per heavy atom. The van der Waals surface area contributed by atoms with E-state index < -0.39 is 0 Å². The molecule has 0 aliphatic rings. The fourth-order valence-electron chi connectivity index (χ4n) is 3.08. The number of amides is 1. The normalized spacial score (nSPS) is 11.1. The van der Waals surface area contributed by atoms with Crippen molar-refractivity contribution in [3.8, 4) is 17.0 Å². The number of hydrogen-bond acceptors (Lipinski definition) is 8. The van der Waals surface area contributed by atoms with E-state index >= 15 is 0 Å². The maximum Gasteiger partial charge on any atom is 0.280 e. The van der Waals surface area contributed by atoms with E-state index in [0.29, 0.717) is 35.1 Å². The minimum atomic E-state index is -0.220. The number of likely N-dealkylation sites (N-methyl/N-ethyl adjacent to an activating group) is 1. The summed E-state index contributed by atoms with van der Waals surface area (Å²) in [5.41, 5.74) is 8.95. The van der Waals surface area contributed by atoms with Gasteiger partial charge in [-0.05, 0) is 37.9 Å². The van der Waals surface area contributed by atoms with Gasteiger partial charge in [0.15, 0.2) is 5.01 Å². The third kappa shape index (κ3) is 5.19. The standard InChI is InChI=1S/C23H24N6O2S/c1-29(2)10-11-31-18-12-16(17-8-9-25-23(24)27-17)13-19-20(18)28-22(32-19)21(30)26-14-15-6-4-3-5-7-15/h3-9,12-13H,10-11,14H2,1-2H3,(H,26,30)(H2,24,25,27). The SMILES string of the molecule is CN(C)CCOc1cc(-c2ccnc(N)n2)cc2sc(C(=O)NCc3ccccc3)nc12. The lowest BCUT2D eigenvalue weighted by atomic mass is 10.1. The van der Waals surface area contributed by atoms with Crippen LogP contribution in [0.3, 0.4) is 0 Å². The molecular formula is C23H24N6O2S. The molecule has 0 unspecified atom stereocenters. The summed E-state index contributed by atoms with van der Waals surface area (Å²) >= 11 is 1.32. The molecule has 0 spiro atoms. The molecule has 2 heterocycles. The third-order valence-corrected chi connectivity index (χ3v) is 5.72. The van der Waals surface area contributed by atoms with Gasteiger partial charge in [0.05, 0.1) is 10.4 Å². The maximum atomic E-state index is 12.8. The van der Waals surface area contributed by atoms with Gasteiger partial charge in [-0.1, -0.05) is 30.3 Å². The second kappa shape index (κ2) is 9.71. The second-order valence-electron chi connectivity index (χ2n) is 7.46. The average molecular weight is 449 g/mol. The van der Waals surface area contributed by atoms with Gasteiger partial charge in [0.1, 0.15) is 17.9 Å².